The van der Waals surface area contributed by atoms with Gasteiger partial charge in [-0.05, 0) is 12.1 Å². The van der Waals surface area contributed by atoms with Crippen molar-refractivity contribution in [2.24, 2.45) is 0 Å². The van der Waals surface area contributed by atoms with E-state index in [1.54, 1.807) is 24.3 Å². The molecule has 0 aliphatic carbocycles. The fourth-order valence-electron chi connectivity index (χ4n) is 0.989. The smallest absolute Gasteiger partial charge is 0.329 e. The Kier molecular flexibility index (Phi) is 3.68. The number of carbonyl (C=O) groups excluding carboxylic acids is 2. The number of benzene rings is 1. The molecule has 0 saturated carbocycles. The van der Waals surface area contributed by atoms with Crippen LogP contribution in [0.4, 0.5) is 15.3 Å². The number of urea groups is 2. The van der Waals surface area contributed by atoms with Crippen LogP contribution in [0.15, 0.2) is 30.3 Å². The molecule has 1 aromatic rings. The molecule has 80 valence electrons. The Balaban J connectivity index is 2.60. The highest BCUT2D eigenvalue weighted by atomic mass is 16.2. The first-order valence-corrected chi connectivity index (χ1v) is 4.46. The largest absolute Gasteiger partial charge is 0.341 e. The Morgan fingerprint density at radius 3 is 2.27 bits per heavy atom. The molecule has 0 aromatic heterocycles. The van der Waals surface area contributed by atoms with E-state index in [1.165, 1.54) is 14.1 Å². The molecule has 0 fully saturated rings. The highest BCUT2D eigenvalue weighted by molar-refractivity contribution is 6.00. The standard InChI is InChI=1S/C10H13N3O2/c1-11-9(14)13(2)10(15)12-8-6-4-3-5-7-8/h3-7H,1-2H3,(H,11,14)(H,12,15). The van der Waals surface area contributed by atoms with Gasteiger partial charge in [0.2, 0.25) is 0 Å². The number of nitrogens with one attached hydrogen (secondary N) is 2. The molecule has 0 bridgehead atoms. The minimum Gasteiger partial charge on any atom is -0.341 e. The number of anilines is 1. The van der Waals surface area contributed by atoms with E-state index in [9.17, 15) is 9.59 Å². The molecular formula is C10H13N3O2. The highest BCUT2D eigenvalue weighted by Gasteiger charge is 2.14. The van der Waals surface area contributed by atoms with Crippen molar-refractivity contribution < 1.29 is 9.59 Å². The fourth-order valence-corrected chi connectivity index (χ4v) is 0.989. The van der Waals surface area contributed by atoms with Crippen molar-refractivity contribution in [2.75, 3.05) is 19.4 Å². The molecule has 0 saturated heterocycles. The van der Waals surface area contributed by atoms with Crippen molar-refractivity contribution in [3.05, 3.63) is 30.3 Å². The van der Waals surface area contributed by atoms with Gasteiger partial charge < -0.3 is 10.6 Å². The summed E-state index contributed by atoms with van der Waals surface area (Å²) in [6.07, 6.45) is 0. The van der Waals surface area contributed by atoms with Gasteiger partial charge in [-0.1, -0.05) is 18.2 Å². The maximum atomic E-state index is 11.5. The zero-order chi connectivity index (χ0) is 11.3. The predicted molar refractivity (Wildman–Crippen MR) is 57.7 cm³/mol. The monoisotopic (exact) mass is 207 g/mol. The number of carbonyl (C=O) groups is 2. The molecule has 0 aliphatic rings. The number of para-hydroxylation sites is 1. The van der Waals surface area contributed by atoms with Gasteiger partial charge in [-0.25, -0.2) is 14.5 Å². The first-order chi connectivity index (χ1) is 7.15. The lowest BCUT2D eigenvalue weighted by Crippen LogP contribution is -2.41. The van der Waals surface area contributed by atoms with Crippen LogP contribution < -0.4 is 10.6 Å². The van der Waals surface area contributed by atoms with E-state index < -0.39 is 12.1 Å². The molecule has 0 unspecified atom stereocenters. The second-order valence-electron chi connectivity index (χ2n) is 2.91. The molecule has 0 atom stereocenters. The number of imide groups is 1. The summed E-state index contributed by atoms with van der Waals surface area (Å²) in [7, 11) is 2.87. The topological polar surface area (TPSA) is 61.4 Å². The summed E-state index contributed by atoms with van der Waals surface area (Å²) in [5, 5.41) is 4.94. The van der Waals surface area contributed by atoms with Crippen molar-refractivity contribution in [2.45, 2.75) is 0 Å². The van der Waals surface area contributed by atoms with Crippen LogP contribution in [0.2, 0.25) is 0 Å². The van der Waals surface area contributed by atoms with E-state index in [0.29, 0.717) is 5.69 Å². The van der Waals surface area contributed by atoms with Gasteiger partial charge >= 0.3 is 12.1 Å². The zero-order valence-electron chi connectivity index (χ0n) is 8.65. The van der Waals surface area contributed by atoms with Crippen LogP contribution in [0.25, 0.3) is 0 Å². The van der Waals surface area contributed by atoms with Crippen LogP contribution in [0.5, 0.6) is 0 Å². The number of hydrogen-bond acceptors (Lipinski definition) is 2. The lowest BCUT2D eigenvalue weighted by molar-refractivity contribution is 0.203. The maximum Gasteiger partial charge on any atom is 0.329 e. The summed E-state index contributed by atoms with van der Waals surface area (Å²) in [5.74, 6) is 0. The molecule has 1 rings (SSSR count). The summed E-state index contributed by atoms with van der Waals surface area (Å²) in [6, 6.07) is 8.01. The summed E-state index contributed by atoms with van der Waals surface area (Å²) in [5.41, 5.74) is 0.651. The normalized spacial score (nSPS) is 9.20. The highest BCUT2D eigenvalue weighted by Crippen LogP contribution is 2.05. The zero-order valence-corrected chi connectivity index (χ0v) is 8.65. The van der Waals surface area contributed by atoms with Crippen molar-refractivity contribution in [1.29, 1.82) is 0 Å². The Hall–Kier alpha value is -2.04. The van der Waals surface area contributed by atoms with Crippen molar-refractivity contribution in [3.63, 3.8) is 0 Å². The Labute approximate surface area is 88.1 Å². The molecule has 5 nitrogen and oxygen atoms in total. The fraction of sp³-hybridized carbons (Fsp3) is 0.200. The molecule has 1 aromatic carbocycles. The molecule has 0 spiro atoms. The van der Waals surface area contributed by atoms with Gasteiger partial charge in [0.25, 0.3) is 0 Å². The Morgan fingerprint density at radius 2 is 1.73 bits per heavy atom. The van der Waals surface area contributed by atoms with Crippen molar-refractivity contribution in [1.82, 2.24) is 10.2 Å². The molecule has 0 heterocycles. The third kappa shape index (κ3) is 2.98. The molecule has 4 amide bonds. The molecule has 5 heteroatoms. The number of rotatable bonds is 1. The second kappa shape index (κ2) is 4.99. The molecule has 0 aliphatic heterocycles. The average molecular weight is 207 g/mol. The third-order valence-electron chi connectivity index (χ3n) is 1.85. The summed E-state index contributed by atoms with van der Waals surface area (Å²) < 4.78 is 0. The minimum atomic E-state index is -0.472. The van der Waals surface area contributed by atoms with E-state index in [1.807, 2.05) is 6.07 Å². The number of hydrogen-bond donors (Lipinski definition) is 2. The van der Waals surface area contributed by atoms with Crippen LogP contribution in [0.3, 0.4) is 0 Å². The lowest BCUT2D eigenvalue weighted by Gasteiger charge is -2.15. The molecular weight excluding hydrogens is 194 g/mol. The van der Waals surface area contributed by atoms with E-state index in [4.69, 9.17) is 0 Å². The Morgan fingerprint density at radius 1 is 1.13 bits per heavy atom. The van der Waals surface area contributed by atoms with Crippen LogP contribution in [0, 0.1) is 0 Å². The summed E-state index contributed by atoms with van der Waals surface area (Å²) >= 11 is 0. The van der Waals surface area contributed by atoms with Crippen LogP contribution in [-0.2, 0) is 0 Å². The van der Waals surface area contributed by atoms with E-state index in [-0.39, 0.29) is 0 Å². The first-order valence-electron chi connectivity index (χ1n) is 4.46. The van der Waals surface area contributed by atoms with Gasteiger partial charge in [0, 0.05) is 19.8 Å². The van der Waals surface area contributed by atoms with Gasteiger partial charge in [-0.15, -0.1) is 0 Å². The van der Waals surface area contributed by atoms with E-state index >= 15 is 0 Å². The van der Waals surface area contributed by atoms with Gasteiger partial charge in [0.15, 0.2) is 0 Å². The molecule has 2 N–H and O–H groups in total. The molecule has 0 radical (unpaired) electrons. The molecule has 15 heavy (non-hydrogen) atoms. The van der Waals surface area contributed by atoms with Crippen LogP contribution in [0.1, 0.15) is 0 Å². The third-order valence-corrected chi connectivity index (χ3v) is 1.85. The first kappa shape index (κ1) is 11.0. The van der Waals surface area contributed by atoms with E-state index in [2.05, 4.69) is 10.6 Å². The van der Waals surface area contributed by atoms with Gasteiger partial charge in [0.05, 0.1) is 0 Å². The van der Waals surface area contributed by atoms with Crippen molar-refractivity contribution >= 4 is 17.7 Å². The Bertz CT molecular complexity index is 351. The lowest BCUT2D eigenvalue weighted by atomic mass is 10.3. The van der Waals surface area contributed by atoms with Gasteiger partial charge in [-0.3, -0.25) is 0 Å². The van der Waals surface area contributed by atoms with E-state index in [0.717, 1.165) is 4.90 Å². The maximum absolute atomic E-state index is 11.5. The van der Waals surface area contributed by atoms with Crippen LogP contribution in [-0.4, -0.2) is 31.1 Å². The minimum absolute atomic E-state index is 0.455. The second-order valence-corrected chi connectivity index (χ2v) is 2.91. The van der Waals surface area contributed by atoms with Crippen molar-refractivity contribution in [3.8, 4) is 0 Å². The summed E-state index contributed by atoms with van der Waals surface area (Å²) in [6.45, 7) is 0. The van der Waals surface area contributed by atoms with Gasteiger partial charge in [-0.2, -0.15) is 0 Å². The predicted octanol–water partition coefficient (Wildman–Crippen LogP) is 1.49. The number of amides is 4. The quantitative estimate of drug-likeness (QED) is 0.732. The number of nitrogens with zero attached hydrogens (tertiary/aromatic N) is 1. The average Bonchev–Trinajstić information content (AvgIpc) is 2.28. The SMILES string of the molecule is CNC(=O)N(C)C(=O)Nc1ccccc1. The van der Waals surface area contributed by atoms with Crippen LogP contribution >= 0.6 is 0 Å². The summed E-state index contributed by atoms with van der Waals surface area (Å²) in [4.78, 5) is 23.5. The van der Waals surface area contributed by atoms with Gasteiger partial charge in [0.1, 0.15) is 0 Å².